The Morgan fingerprint density at radius 2 is 2.04 bits per heavy atom. The monoisotopic (exact) mass is 357 g/mol. The first-order valence-corrected chi connectivity index (χ1v) is 7.52. The number of anilines is 1. The van der Waals surface area contributed by atoms with Crippen LogP contribution in [-0.4, -0.2) is 17.1 Å². The Labute approximate surface area is 147 Å². The summed E-state index contributed by atoms with van der Waals surface area (Å²) in [6.07, 6.45) is 3.37. The molecule has 0 spiro atoms. The van der Waals surface area contributed by atoms with Crippen molar-refractivity contribution in [1.29, 1.82) is 5.26 Å². The summed E-state index contributed by atoms with van der Waals surface area (Å²) in [4.78, 5) is 12.6. The fourth-order valence-electron chi connectivity index (χ4n) is 2.50. The molecule has 132 valence electrons. The highest BCUT2D eigenvalue weighted by molar-refractivity contribution is 6.07. The lowest BCUT2D eigenvalue weighted by Gasteiger charge is -2.08. The predicted molar refractivity (Wildman–Crippen MR) is 88.5 cm³/mol. The van der Waals surface area contributed by atoms with Gasteiger partial charge in [-0.3, -0.25) is 9.36 Å². The maximum atomic E-state index is 12.6. The number of hydrogen-bond acceptors (Lipinski definition) is 4. The highest BCUT2D eigenvalue weighted by Gasteiger charge is 2.24. The number of hydrogen-bond donors (Lipinski definition) is 1. The van der Waals surface area contributed by atoms with E-state index in [1.54, 1.807) is 36.0 Å². The Hall–Kier alpha value is -3.60. The molecule has 8 heteroatoms. The Kier molecular flexibility index (Phi) is 4.71. The number of nitriles is 1. The molecule has 0 aliphatic rings. The highest BCUT2D eigenvalue weighted by Crippen LogP contribution is 2.27. The first-order chi connectivity index (χ1) is 12.5. The van der Waals surface area contributed by atoms with Gasteiger partial charge in [-0.2, -0.15) is 14.0 Å². The van der Waals surface area contributed by atoms with E-state index in [4.69, 9.17) is 4.42 Å². The molecule has 1 amide bonds. The van der Waals surface area contributed by atoms with Crippen LogP contribution in [0.2, 0.25) is 0 Å². The van der Waals surface area contributed by atoms with Crippen LogP contribution in [0.3, 0.4) is 0 Å². The summed E-state index contributed by atoms with van der Waals surface area (Å²) in [6.45, 7) is -1.40. The molecule has 0 atom stereocenters. The van der Waals surface area contributed by atoms with Crippen molar-refractivity contribution in [2.24, 2.45) is 0 Å². The number of nitrogens with one attached hydrogen (secondary N) is 1. The van der Waals surface area contributed by atoms with Crippen molar-refractivity contribution in [3.8, 4) is 17.7 Å². The number of alkyl halides is 2. The number of benzene rings is 1. The molecule has 1 N–H and O–H groups in total. The van der Waals surface area contributed by atoms with Gasteiger partial charge < -0.3 is 14.5 Å². The number of carbonyl (C=O) groups excluding carboxylic acids is 1. The van der Waals surface area contributed by atoms with Crippen LogP contribution in [0.25, 0.3) is 5.88 Å². The number of nitrogens with zero attached hydrogens (tertiary/aromatic N) is 2. The quantitative estimate of drug-likeness (QED) is 0.745. The maximum absolute atomic E-state index is 12.6. The lowest BCUT2D eigenvalue weighted by atomic mass is 10.1. The van der Waals surface area contributed by atoms with Crippen LogP contribution in [0, 0.1) is 18.3 Å². The van der Waals surface area contributed by atoms with Crippen LogP contribution in [0.15, 0.2) is 53.2 Å². The normalized spacial score (nSPS) is 10.6. The number of aryl methyl sites for hydroxylation is 1. The first kappa shape index (κ1) is 17.2. The summed E-state index contributed by atoms with van der Waals surface area (Å²) in [5.41, 5.74) is 0.410. The zero-order valence-corrected chi connectivity index (χ0v) is 13.6. The zero-order valence-electron chi connectivity index (χ0n) is 13.6. The largest absolute Gasteiger partial charge is 0.443 e. The Bertz CT molecular complexity index is 972. The van der Waals surface area contributed by atoms with Gasteiger partial charge in [0, 0.05) is 24.1 Å². The molecule has 1 aromatic carbocycles. The molecule has 2 heterocycles. The van der Waals surface area contributed by atoms with E-state index in [0.29, 0.717) is 0 Å². The fourth-order valence-corrected chi connectivity index (χ4v) is 2.50. The van der Waals surface area contributed by atoms with Crippen molar-refractivity contribution in [3.63, 3.8) is 0 Å². The Balaban J connectivity index is 1.90. The van der Waals surface area contributed by atoms with Gasteiger partial charge in [0.2, 0.25) is 5.88 Å². The number of amides is 1. The summed E-state index contributed by atoms with van der Waals surface area (Å²) in [7, 11) is 0. The summed E-state index contributed by atoms with van der Waals surface area (Å²) in [6, 6.07) is 11.1. The van der Waals surface area contributed by atoms with Crippen LogP contribution in [0.5, 0.6) is 5.75 Å². The van der Waals surface area contributed by atoms with E-state index in [1.165, 1.54) is 24.3 Å². The molecule has 0 fully saturated rings. The van der Waals surface area contributed by atoms with Crippen molar-refractivity contribution < 1.29 is 22.7 Å². The summed E-state index contributed by atoms with van der Waals surface area (Å²) < 4.78 is 36.1. The van der Waals surface area contributed by atoms with E-state index in [9.17, 15) is 18.8 Å². The van der Waals surface area contributed by atoms with E-state index >= 15 is 0 Å². The van der Waals surface area contributed by atoms with E-state index in [2.05, 4.69) is 10.1 Å². The molecule has 0 aliphatic heterocycles. The lowest BCUT2D eigenvalue weighted by molar-refractivity contribution is -0.0497. The van der Waals surface area contributed by atoms with Crippen LogP contribution >= 0.6 is 0 Å². The number of aromatic nitrogens is 1. The predicted octanol–water partition coefficient (Wildman–Crippen LogP) is 4.10. The number of halogens is 2. The van der Waals surface area contributed by atoms with Crippen LogP contribution in [-0.2, 0) is 0 Å². The van der Waals surface area contributed by atoms with Gasteiger partial charge in [-0.1, -0.05) is 6.07 Å². The number of rotatable bonds is 5. The second kappa shape index (κ2) is 7.11. The second-order valence-corrected chi connectivity index (χ2v) is 5.28. The minimum atomic E-state index is -2.97. The van der Waals surface area contributed by atoms with E-state index in [0.717, 1.165) is 0 Å². The summed E-state index contributed by atoms with van der Waals surface area (Å²) >= 11 is 0. The van der Waals surface area contributed by atoms with Crippen LogP contribution in [0.1, 0.15) is 21.7 Å². The molecule has 0 saturated heterocycles. The minimum absolute atomic E-state index is 0.0798. The zero-order chi connectivity index (χ0) is 18.7. The number of ether oxygens (including phenoxy) is 1. The van der Waals surface area contributed by atoms with Gasteiger partial charge in [0.25, 0.3) is 5.91 Å². The summed E-state index contributed by atoms with van der Waals surface area (Å²) in [5, 5.41) is 12.0. The molecule has 26 heavy (non-hydrogen) atoms. The van der Waals surface area contributed by atoms with Gasteiger partial charge in [0.1, 0.15) is 28.7 Å². The molecule has 6 nitrogen and oxygen atoms in total. The van der Waals surface area contributed by atoms with E-state index < -0.39 is 12.5 Å². The van der Waals surface area contributed by atoms with E-state index in [-0.39, 0.29) is 34.2 Å². The Morgan fingerprint density at radius 3 is 2.69 bits per heavy atom. The molecule has 0 bridgehead atoms. The molecule has 3 aromatic rings. The topological polar surface area (TPSA) is 80.2 Å². The van der Waals surface area contributed by atoms with Crippen LogP contribution in [0.4, 0.5) is 14.5 Å². The molecule has 0 unspecified atom stereocenters. The molecule has 0 aliphatic carbocycles. The van der Waals surface area contributed by atoms with Crippen molar-refractivity contribution in [2.45, 2.75) is 13.5 Å². The third-order valence-corrected chi connectivity index (χ3v) is 3.56. The van der Waals surface area contributed by atoms with Gasteiger partial charge in [-0.05, 0) is 31.2 Å². The average Bonchev–Trinajstić information content (AvgIpc) is 3.21. The van der Waals surface area contributed by atoms with E-state index in [1.807, 2.05) is 6.07 Å². The molecule has 2 aromatic heterocycles. The van der Waals surface area contributed by atoms with Crippen molar-refractivity contribution in [3.05, 3.63) is 65.7 Å². The number of carbonyl (C=O) groups is 1. The lowest BCUT2D eigenvalue weighted by Crippen LogP contribution is -2.14. The van der Waals surface area contributed by atoms with Crippen molar-refractivity contribution >= 4 is 11.6 Å². The molecule has 0 radical (unpaired) electrons. The standard InChI is InChI=1S/C18H13F2N3O3/c1-11-15(14(10-21)17(25-11)23-7-2-3-8-23)16(24)22-12-5-4-6-13(9-12)26-18(19)20/h2-9,18H,1H3,(H,22,24). The van der Waals surface area contributed by atoms with Crippen molar-refractivity contribution in [1.82, 2.24) is 4.57 Å². The van der Waals surface area contributed by atoms with Gasteiger partial charge in [-0.15, -0.1) is 0 Å². The van der Waals surface area contributed by atoms with Gasteiger partial charge >= 0.3 is 6.61 Å². The smallest absolute Gasteiger partial charge is 0.387 e. The third kappa shape index (κ3) is 3.42. The maximum Gasteiger partial charge on any atom is 0.387 e. The summed E-state index contributed by atoms with van der Waals surface area (Å²) in [5.74, 6) is -0.177. The Morgan fingerprint density at radius 1 is 1.31 bits per heavy atom. The van der Waals surface area contributed by atoms with Gasteiger partial charge in [0.05, 0.1) is 0 Å². The SMILES string of the molecule is Cc1oc(-n2cccc2)c(C#N)c1C(=O)Nc1cccc(OC(F)F)c1. The van der Waals surface area contributed by atoms with Crippen LogP contribution < -0.4 is 10.1 Å². The average molecular weight is 357 g/mol. The third-order valence-electron chi connectivity index (χ3n) is 3.56. The minimum Gasteiger partial charge on any atom is -0.443 e. The molecule has 3 rings (SSSR count). The molecule has 0 saturated carbocycles. The molecular weight excluding hydrogens is 344 g/mol. The first-order valence-electron chi connectivity index (χ1n) is 7.52. The van der Waals surface area contributed by atoms with Gasteiger partial charge in [-0.25, -0.2) is 0 Å². The second-order valence-electron chi connectivity index (χ2n) is 5.28. The molecular formula is C18H13F2N3O3. The highest BCUT2D eigenvalue weighted by atomic mass is 19.3. The van der Waals surface area contributed by atoms with Gasteiger partial charge in [0.15, 0.2) is 0 Å². The number of furan rings is 1. The van der Waals surface area contributed by atoms with Crippen molar-refractivity contribution in [2.75, 3.05) is 5.32 Å². The fraction of sp³-hybridized carbons (Fsp3) is 0.111.